The van der Waals surface area contributed by atoms with Gasteiger partial charge in [0.15, 0.2) is 0 Å². The van der Waals surface area contributed by atoms with Gasteiger partial charge in [0.05, 0.1) is 0 Å². The summed E-state index contributed by atoms with van der Waals surface area (Å²) in [6.45, 7) is 20.5. The van der Waals surface area contributed by atoms with Gasteiger partial charge in [-0.1, -0.05) is 0 Å². The van der Waals surface area contributed by atoms with Gasteiger partial charge in [-0.15, -0.1) is 0 Å². The van der Waals surface area contributed by atoms with Crippen LogP contribution in [0.15, 0.2) is 0 Å². The summed E-state index contributed by atoms with van der Waals surface area (Å²) < 4.78 is 8.04. The van der Waals surface area contributed by atoms with Gasteiger partial charge in [-0.2, -0.15) is 0 Å². The maximum atomic E-state index is 6.28. The van der Waals surface area contributed by atoms with E-state index in [0.29, 0.717) is 4.20 Å². The minimum absolute atomic E-state index is 0.147. The molecule has 0 heterocycles. The van der Waals surface area contributed by atoms with Gasteiger partial charge in [-0.25, -0.2) is 0 Å². The SMILES string of the molecule is CC(C)(C)[As]=C(O[Si](C)(C)C)C(C)(C)C. The molecule has 0 bridgehead atoms. The van der Waals surface area contributed by atoms with Gasteiger partial charge >= 0.3 is 103 Å². The van der Waals surface area contributed by atoms with E-state index in [1.165, 1.54) is 4.49 Å². The number of hydrogen-bond acceptors (Lipinski definition) is 1. The summed E-state index contributed by atoms with van der Waals surface area (Å²) in [5.74, 6) is 0. The molecule has 0 aromatic carbocycles. The first-order chi connectivity index (χ1) is 6.31. The second-order valence-corrected chi connectivity index (χ2v) is 15.6. The van der Waals surface area contributed by atoms with Gasteiger partial charge in [-0.3, -0.25) is 0 Å². The molecule has 90 valence electrons. The Bertz CT molecular complexity index is 238. The summed E-state index contributed by atoms with van der Waals surface area (Å²) in [4.78, 5) is 0. The number of hydrogen-bond donors (Lipinski definition) is 0. The van der Waals surface area contributed by atoms with E-state index in [2.05, 4.69) is 61.2 Å². The van der Waals surface area contributed by atoms with Crippen molar-refractivity contribution >= 4 is 28.1 Å². The van der Waals surface area contributed by atoms with Crippen molar-refractivity contribution in [1.29, 1.82) is 0 Å². The van der Waals surface area contributed by atoms with Gasteiger partial charge in [0.2, 0.25) is 0 Å². The van der Waals surface area contributed by atoms with Crippen molar-refractivity contribution in [3.63, 3.8) is 0 Å². The Balaban J connectivity index is 5.02. The molecule has 0 atom stereocenters. The Morgan fingerprint density at radius 1 is 0.933 bits per heavy atom. The van der Waals surface area contributed by atoms with Gasteiger partial charge in [0.25, 0.3) is 0 Å². The molecule has 0 aliphatic heterocycles. The average Bonchev–Trinajstić information content (AvgIpc) is 1.75. The maximum absolute atomic E-state index is 6.28. The van der Waals surface area contributed by atoms with E-state index in [1.54, 1.807) is 0 Å². The summed E-state index contributed by atoms with van der Waals surface area (Å²) in [6.07, 6.45) is 0. The Morgan fingerprint density at radius 3 is 1.53 bits per heavy atom. The molecule has 1 nitrogen and oxygen atoms in total. The molecule has 0 saturated carbocycles. The molecule has 0 spiro atoms. The van der Waals surface area contributed by atoms with Crippen molar-refractivity contribution in [2.75, 3.05) is 0 Å². The van der Waals surface area contributed by atoms with E-state index in [1.807, 2.05) is 0 Å². The molecular weight excluding hydrogens is 263 g/mol. The quantitative estimate of drug-likeness (QED) is 0.700. The first-order valence-electron chi connectivity index (χ1n) is 5.61. The van der Waals surface area contributed by atoms with Crippen LogP contribution in [0.3, 0.4) is 0 Å². The summed E-state index contributed by atoms with van der Waals surface area (Å²) >= 11 is 0.147. The van der Waals surface area contributed by atoms with Crippen molar-refractivity contribution in [3.05, 3.63) is 0 Å². The fourth-order valence-corrected chi connectivity index (χ4v) is 5.86. The Labute approximate surface area is 103 Å². The molecule has 0 fully saturated rings. The summed E-state index contributed by atoms with van der Waals surface area (Å²) in [5, 5.41) is 0. The fourth-order valence-electron chi connectivity index (χ4n) is 0.938. The second-order valence-electron chi connectivity index (χ2n) is 7.05. The van der Waals surface area contributed by atoms with Crippen molar-refractivity contribution in [2.24, 2.45) is 5.41 Å². The van der Waals surface area contributed by atoms with Crippen LogP contribution in [0.5, 0.6) is 0 Å². The van der Waals surface area contributed by atoms with Gasteiger partial charge < -0.3 is 0 Å². The first kappa shape index (κ1) is 15.6. The van der Waals surface area contributed by atoms with Gasteiger partial charge in [0.1, 0.15) is 0 Å². The standard InChI is InChI=1S/C12H27AsOSi/c1-11(2,3)10(13-12(4,5)6)14-15(7,8)9/h1-9H3. The topological polar surface area (TPSA) is 9.23 Å². The van der Waals surface area contributed by atoms with Crippen molar-refractivity contribution in [1.82, 2.24) is 0 Å². The van der Waals surface area contributed by atoms with Crippen molar-refractivity contribution in [3.8, 4) is 0 Å². The van der Waals surface area contributed by atoms with E-state index in [4.69, 9.17) is 4.43 Å². The molecule has 0 unspecified atom stereocenters. The molecule has 0 N–H and O–H groups in total. The molecule has 15 heavy (non-hydrogen) atoms. The predicted molar refractivity (Wildman–Crippen MR) is 74.4 cm³/mol. The molecule has 0 amide bonds. The zero-order chi connectivity index (χ0) is 12.5. The Hall–Kier alpha value is 0.605. The van der Waals surface area contributed by atoms with E-state index < -0.39 is 8.32 Å². The molecule has 0 saturated heterocycles. The van der Waals surface area contributed by atoms with E-state index in [-0.39, 0.29) is 20.7 Å². The third kappa shape index (κ3) is 8.42. The summed E-state index contributed by atoms with van der Waals surface area (Å²) in [6, 6.07) is 0. The second kappa shape index (κ2) is 4.85. The molecule has 0 aliphatic carbocycles. The monoisotopic (exact) mass is 290 g/mol. The first-order valence-corrected chi connectivity index (χ1v) is 10.9. The Morgan fingerprint density at radius 2 is 1.33 bits per heavy atom. The number of rotatable bonds is 2. The van der Waals surface area contributed by atoms with Crippen LogP contribution in [0.2, 0.25) is 23.8 Å². The van der Waals surface area contributed by atoms with Crippen molar-refractivity contribution in [2.45, 2.75) is 65.4 Å². The van der Waals surface area contributed by atoms with Crippen LogP contribution in [0.1, 0.15) is 41.5 Å². The molecule has 0 radical (unpaired) electrons. The minimum atomic E-state index is -1.44. The van der Waals surface area contributed by atoms with Crippen LogP contribution in [-0.4, -0.2) is 28.1 Å². The van der Waals surface area contributed by atoms with E-state index >= 15 is 0 Å². The third-order valence-corrected chi connectivity index (χ3v) is 6.10. The van der Waals surface area contributed by atoms with E-state index in [9.17, 15) is 0 Å². The Kier molecular flexibility index (Phi) is 5.05. The van der Waals surface area contributed by atoms with Crippen LogP contribution < -0.4 is 0 Å². The van der Waals surface area contributed by atoms with E-state index in [0.717, 1.165) is 0 Å². The van der Waals surface area contributed by atoms with Gasteiger partial charge in [0, 0.05) is 0 Å². The summed E-state index contributed by atoms with van der Waals surface area (Å²) in [7, 11) is -1.44. The normalized spacial score (nSPS) is 15.7. The zero-order valence-electron chi connectivity index (χ0n) is 11.9. The fraction of sp³-hybridized carbons (Fsp3) is 0.917. The molecule has 3 heteroatoms. The molecule has 0 aromatic heterocycles. The molecule has 0 rings (SSSR count). The zero-order valence-corrected chi connectivity index (χ0v) is 14.7. The van der Waals surface area contributed by atoms with Crippen LogP contribution in [0.25, 0.3) is 0 Å². The van der Waals surface area contributed by atoms with Crippen LogP contribution >= 0.6 is 0 Å². The van der Waals surface area contributed by atoms with Crippen LogP contribution in [0, 0.1) is 5.41 Å². The molecule has 0 aliphatic rings. The third-order valence-electron chi connectivity index (χ3n) is 1.48. The van der Waals surface area contributed by atoms with Gasteiger partial charge in [-0.05, 0) is 0 Å². The average molecular weight is 290 g/mol. The van der Waals surface area contributed by atoms with Crippen LogP contribution in [-0.2, 0) is 4.43 Å². The molecule has 0 aromatic rings. The predicted octanol–water partition coefficient (Wildman–Crippen LogP) is 3.94. The van der Waals surface area contributed by atoms with Crippen molar-refractivity contribution < 1.29 is 4.43 Å². The van der Waals surface area contributed by atoms with Crippen LogP contribution in [0.4, 0.5) is 0 Å². The molecular formula is C12H27AsOSi. The summed E-state index contributed by atoms with van der Waals surface area (Å²) in [5.41, 5.74) is 0.202.